The van der Waals surface area contributed by atoms with Crippen molar-refractivity contribution < 1.29 is 4.79 Å². The number of carbonyl (C=O) groups is 1. The zero-order valence-corrected chi connectivity index (χ0v) is 11.3. The topological polar surface area (TPSA) is 36.4 Å². The molecule has 3 rings (SSSR count). The number of pyridine rings is 1. The summed E-state index contributed by atoms with van der Waals surface area (Å²) < 4.78 is 0. The minimum Gasteiger partial charge on any atom is -0.341 e. The lowest BCUT2D eigenvalue weighted by molar-refractivity contribution is -0.129. The molecule has 102 valence electrons. The monoisotopic (exact) mass is 259 g/mol. The molecule has 1 aromatic heterocycles. The van der Waals surface area contributed by atoms with E-state index in [1.165, 1.54) is 25.9 Å². The van der Waals surface area contributed by atoms with E-state index in [0.717, 1.165) is 25.2 Å². The summed E-state index contributed by atoms with van der Waals surface area (Å²) in [5.74, 6) is 0.223. The summed E-state index contributed by atoms with van der Waals surface area (Å²) >= 11 is 0. The SMILES string of the molecule is O=C(Cc1ccccn1)N1CCC(N2CCCC2)C1. The minimum absolute atomic E-state index is 0.223. The molecule has 1 atom stereocenters. The van der Waals surface area contributed by atoms with Crippen LogP contribution in [0.2, 0.25) is 0 Å². The van der Waals surface area contributed by atoms with Gasteiger partial charge in [-0.1, -0.05) is 6.07 Å². The molecule has 2 fully saturated rings. The molecule has 2 saturated heterocycles. The second-order valence-electron chi connectivity index (χ2n) is 5.52. The van der Waals surface area contributed by atoms with E-state index in [2.05, 4.69) is 9.88 Å². The minimum atomic E-state index is 0.223. The Bertz CT molecular complexity index is 428. The van der Waals surface area contributed by atoms with Gasteiger partial charge in [0, 0.05) is 31.0 Å². The fourth-order valence-corrected chi connectivity index (χ4v) is 3.14. The average Bonchev–Trinajstić information content (AvgIpc) is 3.11. The van der Waals surface area contributed by atoms with Crippen LogP contribution in [0.4, 0.5) is 0 Å². The van der Waals surface area contributed by atoms with Gasteiger partial charge in [-0.05, 0) is 44.5 Å². The van der Waals surface area contributed by atoms with E-state index in [-0.39, 0.29) is 5.91 Å². The number of rotatable bonds is 3. The number of hydrogen-bond donors (Lipinski definition) is 0. The van der Waals surface area contributed by atoms with Crippen LogP contribution in [0.5, 0.6) is 0 Å². The molecule has 1 unspecified atom stereocenters. The second-order valence-corrected chi connectivity index (χ2v) is 5.52. The van der Waals surface area contributed by atoms with E-state index in [1.807, 2.05) is 23.1 Å². The molecule has 2 aliphatic heterocycles. The Labute approximate surface area is 114 Å². The second kappa shape index (κ2) is 5.70. The summed E-state index contributed by atoms with van der Waals surface area (Å²) in [4.78, 5) is 21.0. The van der Waals surface area contributed by atoms with Gasteiger partial charge in [-0.25, -0.2) is 0 Å². The summed E-state index contributed by atoms with van der Waals surface area (Å²) in [5.41, 5.74) is 0.872. The molecule has 1 amide bonds. The van der Waals surface area contributed by atoms with E-state index in [0.29, 0.717) is 12.5 Å². The predicted molar refractivity (Wildman–Crippen MR) is 73.7 cm³/mol. The van der Waals surface area contributed by atoms with E-state index >= 15 is 0 Å². The Hall–Kier alpha value is -1.42. The van der Waals surface area contributed by atoms with Crippen LogP contribution >= 0.6 is 0 Å². The van der Waals surface area contributed by atoms with Crippen LogP contribution in [0.15, 0.2) is 24.4 Å². The fraction of sp³-hybridized carbons (Fsp3) is 0.600. The molecule has 4 heteroatoms. The van der Waals surface area contributed by atoms with Gasteiger partial charge in [-0.3, -0.25) is 14.7 Å². The quantitative estimate of drug-likeness (QED) is 0.821. The Morgan fingerprint density at radius 3 is 2.84 bits per heavy atom. The van der Waals surface area contributed by atoms with E-state index < -0.39 is 0 Å². The largest absolute Gasteiger partial charge is 0.341 e. The Morgan fingerprint density at radius 2 is 2.11 bits per heavy atom. The summed E-state index contributed by atoms with van der Waals surface area (Å²) in [5, 5.41) is 0. The summed E-state index contributed by atoms with van der Waals surface area (Å²) in [6.45, 7) is 4.25. The lowest BCUT2D eigenvalue weighted by atomic mass is 10.2. The maximum atomic E-state index is 12.2. The smallest absolute Gasteiger partial charge is 0.228 e. The standard InChI is InChI=1S/C15H21N3O/c19-15(11-13-5-1-2-7-16-13)18-10-6-14(12-18)17-8-3-4-9-17/h1-2,5,7,14H,3-4,6,8-12H2. The number of likely N-dealkylation sites (tertiary alicyclic amines) is 2. The number of nitrogens with zero attached hydrogens (tertiary/aromatic N) is 3. The Balaban J connectivity index is 1.54. The third-order valence-corrected chi connectivity index (χ3v) is 4.23. The molecule has 0 bridgehead atoms. The highest BCUT2D eigenvalue weighted by Gasteiger charge is 2.31. The zero-order valence-electron chi connectivity index (χ0n) is 11.3. The number of amides is 1. The van der Waals surface area contributed by atoms with Crippen molar-refractivity contribution in [2.75, 3.05) is 26.2 Å². The molecule has 0 aromatic carbocycles. The third-order valence-electron chi connectivity index (χ3n) is 4.23. The Morgan fingerprint density at radius 1 is 1.26 bits per heavy atom. The molecule has 0 saturated carbocycles. The molecule has 0 radical (unpaired) electrons. The zero-order chi connectivity index (χ0) is 13.1. The van der Waals surface area contributed by atoms with Crippen LogP contribution in [0, 0.1) is 0 Å². The van der Waals surface area contributed by atoms with Gasteiger partial charge in [0.1, 0.15) is 0 Å². The molecule has 4 nitrogen and oxygen atoms in total. The number of hydrogen-bond acceptors (Lipinski definition) is 3. The summed E-state index contributed by atoms with van der Waals surface area (Å²) in [6.07, 6.45) is 5.96. The highest BCUT2D eigenvalue weighted by Crippen LogP contribution is 2.20. The van der Waals surface area contributed by atoms with Crippen molar-refractivity contribution in [1.82, 2.24) is 14.8 Å². The number of carbonyl (C=O) groups excluding carboxylic acids is 1. The Kier molecular flexibility index (Phi) is 3.78. The normalized spacial score (nSPS) is 24.0. The van der Waals surface area contributed by atoms with Crippen molar-refractivity contribution in [3.8, 4) is 0 Å². The van der Waals surface area contributed by atoms with Gasteiger partial charge >= 0.3 is 0 Å². The van der Waals surface area contributed by atoms with Gasteiger partial charge in [0.15, 0.2) is 0 Å². The van der Waals surface area contributed by atoms with E-state index in [4.69, 9.17) is 0 Å². The lowest BCUT2D eigenvalue weighted by Crippen LogP contribution is -2.37. The van der Waals surface area contributed by atoms with Crippen molar-refractivity contribution in [3.63, 3.8) is 0 Å². The van der Waals surface area contributed by atoms with Crippen LogP contribution in [-0.2, 0) is 11.2 Å². The van der Waals surface area contributed by atoms with E-state index in [9.17, 15) is 4.79 Å². The maximum absolute atomic E-state index is 12.2. The van der Waals surface area contributed by atoms with Gasteiger partial charge in [-0.2, -0.15) is 0 Å². The maximum Gasteiger partial charge on any atom is 0.228 e. The van der Waals surface area contributed by atoms with Gasteiger partial charge in [0.05, 0.1) is 6.42 Å². The van der Waals surface area contributed by atoms with Crippen LogP contribution in [-0.4, -0.2) is 52.9 Å². The van der Waals surface area contributed by atoms with Gasteiger partial charge in [-0.15, -0.1) is 0 Å². The molecule has 0 spiro atoms. The lowest BCUT2D eigenvalue weighted by Gasteiger charge is -2.23. The fourth-order valence-electron chi connectivity index (χ4n) is 3.14. The molecule has 0 aliphatic carbocycles. The first-order valence-electron chi connectivity index (χ1n) is 7.24. The van der Waals surface area contributed by atoms with Crippen molar-refractivity contribution in [2.45, 2.75) is 31.7 Å². The molecular weight excluding hydrogens is 238 g/mol. The van der Waals surface area contributed by atoms with Crippen molar-refractivity contribution >= 4 is 5.91 Å². The first-order chi connectivity index (χ1) is 9.33. The molecule has 1 aromatic rings. The van der Waals surface area contributed by atoms with Gasteiger partial charge in [0.2, 0.25) is 5.91 Å². The third kappa shape index (κ3) is 2.95. The molecule has 19 heavy (non-hydrogen) atoms. The van der Waals surface area contributed by atoms with Crippen molar-refractivity contribution in [3.05, 3.63) is 30.1 Å². The highest BCUT2D eigenvalue weighted by molar-refractivity contribution is 5.78. The summed E-state index contributed by atoms with van der Waals surface area (Å²) in [7, 11) is 0. The van der Waals surface area contributed by atoms with Crippen molar-refractivity contribution in [2.24, 2.45) is 0 Å². The van der Waals surface area contributed by atoms with Crippen LogP contribution in [0.1, 0.15) is 25.0 Å². The summed E-state index contributed by atoms with van der Waals surface area (Å²) in [6, 6.07) is 6.33. The molecule has 0 N–H and O–H groups in total. The van der Waals surface area contributed by atoms with E-state index in [1.54, 1.807) is 6.20 Å². The molecular formula is C15H21N3O. The highest BCUT2D eigenvalue weighted by atomic mass is 16.2. The number of aromatic nitrogens is 1. The first-order valence-corrected chi connectivity index (χ1v) is 7.24. The predicted octanol–water partition coefficient (Wildman–Crippen LogP) is 1.32. The van der Waals surface area contributed by atoms with Gasteiger partial charge < -0.3 is 4.90 Å². The van der Waals surface area contributed by atoms with Crippen LogP contribution in [0.25, 0.3) is 0 Å². The van der Waals surface area contributed by atoms with Crippen LogP contribution < -0.4 is 0 Å². The van der Waals surface area contributed by atoms with Crippen LogP contribution in [0.3, 0.4) is 0 Å². The molecule has 2 aliphatic rings. The van der Waals surface area contributed by atoms with Crippen molar-refractivity contribution in [1.29, 1.82) is 0 Å². The van der Waals surface area contributed by atoms with Gasteiger partial charge in [0.25, 0.3) is 0 Å². The first kappa shape index (κ1) is 12.6. The average molecular weight is 259 g/mol. The molecule has 3 heterocycles.